The van der Waals surface area contributed by atoms with Crippen LogP contribution in [0, 0.1) is 0 Å². The number of anilines is 2. The van der Waals surface area contributed by atoms with Gasteiger partial charge in [0.25, 0.3) is 0 Å². The Morgan fingerprint density at radius 3 is 1.52 bits per heavy atom. The molecule has 21 heavy (non-hydrogen) atoms. The smallest absolute Gasteiger partial charge is 0.132 e. The summed E-state index contributed by atoms with van der Waals surface area (Å²) in [6.07, 6.45) is 0. The maximum atomic E-state index is 4.60. The molecule has 3 heteroatoms. The van der Waals surface area contributed by atoms with Crippen molar-refractivity contribution >= 4 is 33.4 Å². The summed E-state index contributed by atoms with van der Waals surface area (Å²) in [7, 11) is 0. The topological polar surface area (TPSA) is 37.8 Å². The molecule has 1 N–H and O–H groups in total. The lowest BCUT2D eigenvalue weighted by Gasteiger charge is -2.07. The molecule has 0 amide bonds. The van der Waals surface area contributed by atoms with E-state index in [0.717, 1.165) is 33.4 Å². The molecule has 3 nitrogen and oxygen atoms in total. The van der Waals surface area contributed by atoms with Crippen LogP contribution in [0.1, 0.15) is 0 Å². The molecule has 4 rings (SSSR count). The summed E-state index contributed by atoms with van der Waals surface area (Å²) >= 11 is 0. The first-order valence-corrected chi connectivity index (χ1v) is 6.87. The Hall–Kier alpha value is -2.94. The first-order chi connectivity index (χ1) is 10.4. The monoisotopic (exact) mass is 271 g/mol. The molecule has 0 saturated carbocycles. The van der Waals surface area contributed by atoms with Crippen molar-refractivity contribution in [2.75, 3.05) is 5.32 Å². The number of nitrogens with one attached hydrogen (secondary N) is 1. The predicted octanol–water partition coefficient (Wildman–Crippen LogP) is 4.53. The average Bonchev–Trinajstić information content (AvgIpc) is 2.55. The normalized spacial score (nSPS) is 10.9. The maximum absolute atomic E-state index is 4.60. The fraction of sp³-hybridized carbons (Fsp3) is 0. The largest absolute Gasteiger partial charge is 0.325 e. The Morgan fingerprint density at radius 2 is 1.00 bits per heavy atom. The Morgan fingerprint density at radius 1 is 0.524 bits per heavy atom. The SMILES string of the molecule is c1ccc2nc(Nc3ccc4ccccc4n3)ccc2c1. The van der Waals surface area contributed by atoms with E-state index in [2.05, 4.69) is 39.6 Å². The van der Waals surface area contributed by atoms with Gasteiger partial charge in [-0.25, -0.2) is 9.97 Å². The molecule has 2 aromatic heterocycles. The standard InChI is InChI=1S/C18H13N3/c1-3-7-15-13(5-1)9-11-17(19-15)21-18-12-10-14-6-2-4-8-16(14)20-18/h1-12H,(H,19,20,21). The summed E-state index contributed by atoms with van der Waals surface area (Å²) in [6, 6.07) is 24.2. The van der Waals surface area contributed by atoms with E-state index in [9.17, 15) is 0 Å². The molecule has 2 heterocycles. The van der Waals surface area contributed by atoms with Crippen molar-refractivity contribution in [2.24, 2.45) is 0 Å². The number of fused-ring (bicyclic) bond motifs is 2. The molecule has 0 saturated heterocycles. The zero-order chi connectivity index (χ0) is 14.1. The van der Waals surface area contributed by atoms with E-state index in [1.54, 1.807) is 0 Å². The second kappa shape index (κ2) is 4.87. The van der Waals surface area contributed by atoms with Crippen molar-refractivity contribution in [1.82, 2.24) is 9.97 Å². The van der Waals surface area contributed by atoms with Gasteiger partial charge in [0.05, 0.1) is 11.0 Å². The zero-order valence-electron chi connectivity index (χ0n) is 11.3. The molecule has 2 aromatic carbocycles. The molecule has 100 valence electrons. The van der Waals surface area contributed by atoms with Crippen molar-refractivity contribution in [3.05, 3.63) is 72.8 Å². The van der Waals surface area contributed by atoms with Crippen LogP contribution in [-0.2, 0) is 0 Å². The number of hydrogen-bond donors (Lipinski definition) is 1. The second-order valence-electron chi connectivity index (χ2n) is 4.90. The van der Waals surface area contributed by atoms with E-state index in [1.807, 2.05) is 48.5 Å². The van der Waals surface area contributed by atoms with Crippen LogP contribution in [0.5, 0.6) is 0 Å². The van der Waals surface area contributed by atoms with Crippen LogP contribution in [0.15, 0.2) is 72.8 Å². The number of hydrogen-bond acceptors (Lipinski definition) is 3. The van der Waals surface area contributed by atoms with Gasteiger partial charge in [-0.15, -0.1) is 0 Å². The average molecular weight is 271 g/mol. The van der Waals surface area contributed by atoms with E-state index in [4.69, 9.17) is 0 Å². The van der Waals surface area contributed by atoms with Gasteiger partial charge in [-0.2, -0.15) is 0 Å². The van der Waals surface area contributed by atoms with E-state index < -0.39 is 0 Å². The van der Waals surface area contributed by atoms with Gasteiger partial charge in [0.1, 0.15) is 11.6 Å². The summed E-state index contributed by atoms with van der Waals surface area (Å²) in [5, 5.41) is 5.53. The molecule has 4 aromatic rings. The second-order valence-corrected chi connectivity index (χ2v) is 4.90. The molecule has 0 aliphatic heterocycles. The lowest BCUT2D eigenvalue weighted by Crippen LogP contribution is -1.96. The molecule has 0 unspecified atom stereocenters. The molecular formula is C18H13N3. The number of para-hydroxylation sites is 2. The van der Waals surface area contributed by atoms with Crippen LogP contribution >= 0.6 is 0 Å². The maximum Gasteiger partial charge on any atom is 0.132 e. The van der Waals surface area contributed by atoms with Crippen LogP contribution in [0.4, 0.5) is 11.6 Å². The number of rotatable bonds is 2. The number of aromatic nitrogens is 2. The van der Waals surface area contributed by atoms with Crippen molar-refractivity contribution < 1.29 is 0 Å². The third-order valence-corrected chi connectivity index (χ3v) is 3.45. The minimum Gasteiger partial charge on any atom is -0.325 e. The van der Waals surface area contributed by atoms with E-state index in [-0.39, 0.29) is 0 Å². The molecule has 0 aliphatic carbocycles. The van der Waals surface area contributed by atoms with Gasteiger partial charge in [0, 0.05) is 10.8 Å². The van der Waals surface area contributed by atoms with Crippen molar-refractivity contribution in [2.45, 2.75) is 0 Å². The minimum absolute atomic E-state index is 0.802. The Kier molecular flexibility index (Phi) is 2.75. The number of pyridine rings is 2. The summed E-state index contributed by atoms with van der Waals surface area (Å²) in [4.78, 5) is 9.20. The predicted molar refractivity (Wildman–Crippen MR) is 86.8 cm³/mol. The van der Waals surface area contributed by atoms with Crippen molar-refractivity contribution in [1.29, 1.82) is 0 Å². The van der Waals surface area contributed by atoms with E-state index >= 15 is 0 Å². The quantitative estimate of drug-likeness (QED) is 0.582. The van der Waals surface area contributed by atoms with Gasteiger partial charge in [-0.05, 0) is 36.4 Å². The van der Waals surface area contributed by atoms with Crippen LogP contribution < -0.4 is 5.32 Å². The highest BCUT2D eigenvalue weighted by molar-refractivity contribution is 5.82. The first-order valence-electron chi connectivity index (χ1n) is 6.87. The highest BCUT2D eigenvalue weighted by Gasteiger charge is 2.01. The van der Waals surface area contributed by atoms with Gasteiger partial charge >= 0.3 is 0 Å². The molecule has 0 bridgehead atoms. The fourth-order valence-corrected chi connectivity index (χ4v) is 2.40. The fourth-order valence-electron chi connectivity index (χ4n) is 2.40. The summed E-state index contributed by atoms with van der Waals surface area (Å²) in [6.45, 7) is 0. The molecule has 0 fully saturated rings. The Balaban J connectivity index is 1.71. The van der Waals surface area contributed by atoms with Gasteiger partial charge in [0.15, 0.2) is 0 Å². The molecular weight excluding hydrogens is 258 g/mol. The molecule has 0 spiro atoms. The van der Waals surface area contributed by atoms with Crippen molar-refractivity contribution in [3.63, 3.8) is 0 Å². The third-order valence-electron chi connectivity index (χ3n) is 3.45. The highest BCUT2D eigenvalue weighted by Crippen LogP contribution is 2.20. The van der Waals surface area contributed by atoms with E-state index in [1.165, 1.54) is 0 Å². The minimum atomic E-state index is 0.802. The van der Waals surface area contributed by atoms with Crippen molar-refractivity contribution in [3.8, 4) is 0 Å². The zero-order valence-corrected chi connectivity index (χ0v) is 11.3. The lowest BCUT2D eigenvalue weighted by atomic mass is 10.2. The molecule has 0 radical (unpaired) electrons. The van der Waals surface area contributed by atoms with Crippen LogP contribution in [-0.4, -0.2) is 9.97 Å². The molecule has 0 atom stereocenters. The van der Waals surface area contributed by atoms with Gasteiger partial charge in [-0.3, -0.25) is 0 Å². The summed E-state index contributed by atoms with van der Waals surface area (Å²) < 4.78 is 0. The molecule has 0 aliphatic rings. The number of benzene rings is 2. The number of nitrogens with zero attached hydrogens (tertiary/aromatic N) is 2. The third kappa shape index (κ3) is 2.30. The first kappa shape index (κ1) is 11.9. The highest BCUT2D eigenvalue weighted by atomic mass is 15.1. The Bertz CT molecular complexity index is 854. The van der Waals surface area contributed by atoms with Gasteiger partial charge in [-0.1, -0.05) is 36.4 Å². The van der Waals surface area contributed by atoms with Crippen LogP contribution in [0.3, 0.4) is 0 Å². The van der Waals surface area contributed by atoms with E-state index in [0.29, 0.717) is 0 Å². The van der Waals surface area contributed by atoms with Crippen LogP contribution in [0.2, 0.25) is 0 Å². The Labute approximate surface area is 122 Å². The van der Waals surface area contributed by atoms with Gasteiger partial charge in [0.2, 0.25) is 0 Å². The summed E-state index contributed by atoms with van der Waals surface area (Å²) in [5.41, 5.74) is 1.95. The lowest BCUT2D eigenvalue weighted by molar-refractivity contribution is 1.31. The summed E-state index contributed by atoms with van der Waals surface area (Å²) in [5.74, 6) is 1.60. The van der Waals surface area contributed by atoms with Gasteiger partial charge < -0.3 is 5.32 Å². The van der Waals surface area contributed by atoms with Crippen LogP contribution in [0.25, 0.3) is 21.8 Å².